The van der Waals surface area contributed by atoms with Crippen LogP contribution in [0.1, 0.15) is 47.0 Å². The molecule has 108 valence electrons. The van der Waals surface area contributed by atoms with Crippen LogP contribution in [0.25, 0.3) is 0 Å². The van der Waals surface area contributed by atoms with Crippen molar-refractivity contribution >= 4 is 10.0 Å². The molecule has 0 amide bonds. The van der Waals surface area contributed by atoms with Gasteiger partial charge in [-0.2, -0.15) is 0 Å². The smallest absolute Gasteiger partial charge is 0.217 e. The molecule has 1 saturated carbocycles. The summed E-state index contributed by atoms with van der Waals surface area (Å²) in [5.41, 5.74) is 0. The van der Waals surface area contributed by atoms with Gasteiger partial charge in [0.2, 0.25) is 10.0 Å². The number of sulfonamides is 1. The molecule has 1 unspecified atom stereocenters. The monoisotopic (exact) mass is 276 g/mol. The van der Waals surface area contributed by atoms with Gasteiger partial charge >= 0.3 is 0 Å². The Balaban J connectivity index is 2.56. The number of nitrogens with zero attached hydrogens (tertiary/aromatic N) is 1. The minimum Gasteiger partial charge on any atom is -0.313 e. The van der Waals surface area contributed by atoms with Crippen LogP contribution in [0.4, 0.5) is 0 Å². The topological polar surface area (TPSA) is 49.4 Å². The molecule has 0 aromatic heterocycles. The van der Waals surface area contributed by atoms with Gasteiger partial charge in [-0.3, -0.25) is 0 Å². The average Bonchev–Trinajstić information content (AvgIpc) is 2.23. The highest BCUT2D eigenvalue weighted by molar-refractivity contribution is 7.89. The summed E-state index contributed by atoms with van der Waals surface area (Å²) in [7, 11) is -3.15. The van der Waals surface area contributed by atoms with Crippen molar-refractivity contribution < 1.29 is 8.42 Å². The van der Waals surface area contributed by atoms with Crippen LogP contribution in [0, 0.1) is 5.92 Å². The van der Waals surface area contributed by atoms with Gasteiger partial charge in [-0.15, -0.1) is 0 Å². The van der Waals surface area contributed by atoms with E-state index in [1.807, 2.05) is 20.8 Å². The van der Waals surface area contributed by atoms with Crippen LogP contribution in [-0.4, -0.2) is 43.6 Å². The lowest BCUT2D eigenvalue weighted by atomic mass is 9.85. The third-order valence-electron chi connectivity index (χ3n) is 3.72. The minimum absolute atomic E-state index is 0.323. The second-order valence-electron chi connectivity index (χ2n) is 5.67. The SMILES string of the molecule is CCN(CC1CCC1)S(=O)(=O)C(C)CNC(C)C. The fourth-order valence-corrected chi connectivity index (χ4v) is 3.73. The van der Waals surface area contributed by atoms with Gasteiger partial charge in [0, 0.05) is 25.7 Å². The number of hydrogen-bond acceptors (Lipinski definition) is 3. The van der Waals surface area contributed by atoms with E-state index in [-0.39, 0.29) is 5.25 Å². The third kappa shape index (κ3) is 4.21. The molecule has 1 fully saturated rings. The second kappa shape index (κ2) is 6.87. The lowest BCUT2D eigenvalue weighted by Crippen LogP contribution is -2.45. The molecule has 0 radical (unpaired) electrons. The normalized spacial score (nSPS) is 19.2. The second-order valence-corrected chi connectivity index (χ2v) is 8.02. The Morgan fingerprint density at radius 3 is 2.28 bits per heavy atom. The summed E-state index contributed by atoms with van der Waals surface area (Å²) >= 11 is 0. The van der Waals surface area contributed by atoms with Crippen LogP contribution in [0.2, 0.25) is 0 Å². The van der Waals surface area contributed by atoms with Crippen LogP contribution in [0.15, 0.2) is 0 Å². The summed E-state index contributed by atoms with van der Waals surface area (Å²) < 4.78 is 26.5. The van der Waals surface area contributed by atoms with Gasteiger partial charge in [0.05, 0.1) is 5.25 Å². The lowest BCUT2D eigenvalue weighted by molar-refractivity contribution is 0.248. The minimum atomic E-state index is -3.15. The maximum Gasteiger partial charge on any atom is 0.217 e. The molecule has 1 rings (SSSR count). The van der Waals surface area contributed by atoms with Crippen molar-refractivity contribution in [3.05, 3.63) is 0 Å². The van der Waals surface area contributed by atoms with Gasteiger partial charge in [0.1, 0.15) is 0 Å². The van der Waals surface area contributed by atoms with E-state index in [4.69, 9.17) is 0 Å². The zero-order valence-electron chi connectivity index (χ0n) is 12.1. The maximum absolute atomic E-state index is 12.4. The highest BCUT2D eigenvalue weighted by Gasteiger charge is 2.31. The van der Waals surface area contributed by atoms with Crippen molar-refractivity contribution in [3.8, 4) is 0 Å². The Labute approximate surface area is 112 Å². The number of nitrogens with one attached hydrogen (secondary N) is 1. The summed E-state index contributed by atoms with van der Waals surface area (Å²) in [6.45, 7) is 9.63. The molecule has 1 N–H and O–H groups in total. The molecule has 0 spiro atoms. The van der Waals surface area contributed by atoms with Gasteiger partial charge in [0.15, 0.2) is 0 Å². The van der Waals surface area contributed by atoms with Crippen molar-refractivity contribution in [3.63, 3.8) is 0 Å². The molecule has 0 heterocycles. The number of hydrogen-bond donors (Lipinski definition) is 1. The Bertz CT molecular complexity index is 337. The summed E-state index contributed by atoms with van der Waals surface area (Å²) in [6, 6.07) is 0.323. The highest BCUT2D eigenvalue weighted by atomic mass is 32.2. The summed E-state index contributed by atoms with van der Waals surface area (Å²) in [4.78, 5) is 0. The fourth-order valence-electron chi connectivity index (χ4n) is 2.14. The number of rotatable bonds is 8. The Kier molecular flexibility index (Phi) is 6.08. The predicted molar refractivity (Wildman–Crippen MR) is 76.1 cm³/mol. The van der Waals surface area contributed by atoms with Crippen molar-refractivity contribution in [2.45, 2.75) is 58.2 Å². The van der Waals surface area contributed by atoms with E-state index in [1.54, 1.807) is 11.2 Å². The molecule has 5 heteroatoms. The first-order valence-electron chi connectivity index (χ1n) is 7.10. The highest BCUT2D eigenvalue weighted by Crippen LogP contribution is 2.28. The molecule has 0 aliphatic heterocycles. The van der Waals surface area contributed by atoms with E-state index < -0.39 is 10.0 Å². The summed E-state index contributed by atoms with van der Waals surface area (Å²) in [5.74, 6) is 0.588. The van der Waals surface area contributed by atoms with Gasteiger partial charge in [0.25, 0.3) is 0 Å². The van der Waals surface area contributed by atoms with E-state index in [2.05, 4.69) is 5.32 Å². The van der Waals surface area contributed by atoms with E-state index in [0.29, 0.717) is 31.6 Å². The molecule has 0 aromatic carbocycles. The Morgan fingerprint density at radius 1 is 1.28 bits per heavy atom. The first kappa shape index (κ1) is 15.9. The van der Waals surface area contributed by atoms with Crippen molar-refractivity contribution in [1.29, 1.82) is 0 Å². The lowest BCUT2D eigenvalue weighted by Gasteiger charge is -2.32. The molecule has 1 aliphatic rings. The zero-order valence-corrected chi connectivity index (χ0v) is 13.0. The summed E-state index contributed by atoms with van der Waals surface area (Å²) in [6.07, 6.45) is 3.63. The molecule has 0 saturated heterocycles. The first-order chi connectivity index (χ1) is 8.37. The van der Waals surface area contributed by atoms with Crippen molar-refractivity contribution in [2.75, 3.05) is 19.6 Å². The van der Waals surface area contributed by atoms with Crippen LogP contribution >= 0.6 is 0 Å². The molecule has 1 aliphatic carbocycles. The van der Waals surface area contributed by atoms with E-state index in [9.17, 15) is 8.42 Å². The molecule has 18 heavy (non-hydrogen) atoms. The van der Waals surface area contributed by atoms with Crippen LogP contribution in [0.5, 0.6) is 0 Å². The third-order valence-corrected chi connectivity index (χ3v) is 6.03. The van der Waals surface area contributed by atoms with Gasteiger partial charge in [-0.05, 0) is 25.7 Å². The Hall–Kier alpha value is -0.130. The van der Waals surface area contributed by atoms with Crippen LogP contribution < -0.4 is 5.32 Å². The van der Waals surface area contributed by atoms with Crippen molar-refractivity contribution in [2.24, 2.45) is 5.92 Å². The van der Waals surface area contributed by atoms with Crippen LogP contribution in [-0.2, 0) is 10.0 Å². The maximum atomic E-state index is 12.4. The molecule has 4 nitrogen and oxygen atoms in total. The zero-order chi connectivity index (χ0) is 13.8. The van der Waals surface area contributed by atoms with E-state index in [1.165, 1.54) is 19.3 Å². The van der Waals surface area contributed by atoms with Gasteiger partial charge in [-0.1, -0.05) is 27.2 Å². The quantitative estimate of drug-likeness (QED) is 0.736. The predicted octanol–water partition coefficient (Wildman–Crippen LogP) is 1.82. The van der Waals surface area contributed by atoms with E-state index in [0.717, 1.165) is 0 Å². The summed E-state index contributed by atoms with van der Waals surface area (Å²) in [5, 5.41) is 2.86. The largest absolute Gasteiger partial charge is 0.313 e. The molecule has 0 bridgehead atoms. The van der Waals surface area contributed by atoms with Gasteiger partial charge in [-0.25, -0.2) is 12.7 Å². The van der Waals surface area contributed by atoms with Crippen molar-refractivity contribution in [1.82, 2.24) is 9.62 Å². The Morgan fingerprint density at radius 2 is 1.89 bits per heavy atom. The molecule has 1 atom stereocenters. The fraction of sp³-hybridized carbons (Fsp3) is 1.00. The van der Waals surface area contributed by atoms with E-state index >= 15 is 0 Å². The average molecular weight is 276 g/mol. The van der Waals surface area contributed by atoms with Gasteiger partial charge < -0.3 is 5.32 Å². The molecule has 0 aromatic rings. The standard InChI is InChI=1S/C13H28N2O2S/c1-5-15(10-13-7-6-8-13)18(16,17)12(4)9-14-11(2)3/h11-14H,5-10H2,1-4H3. The molecular weight excluding hydrogens is 248 g/mol. The first-order valence-corrected chi connectivity index (χ1v) is 8.60. The molecular formula is C13H28N2O2S. The van der Waals surface area contributed by atoms with Crippen LogP contribution in [0.3, 0.4) is 0 Å².